The first-order valence-corrected chi connectivity index (χ1v) is 6.23. The van der Waals surface area contributed by atoms with Crippen molar-refractivity contribution in [3.63, 3.8) is 0 Å². The topological polar surface area (TPSA) is 59.6 Å². The molecule has 0 saturated heterocycles. The summed E-state index contributed by atoms with van der Waals surface area (Å²) in [6.07, 6.45) is -2.15. The molecule has 2 unspecified atom stereocenters. The fourth-order valence-electron chi connectivity index (χ4n) is 2.47. The predicted molar refractivity (Wildman–Crippen MR) is 66.5 cm³/mol. The normalized spacial score (nSPS) is 22.1. The summed E-state index contributed by atoms with van der Waals surface area (Å²) in [7, 11) is 0. The maximum absolute atomic E-state index is 12.8. The summed E-state index contributed by atoms with van der Waals surface area (Å²) >= 11 is 0. The van der Waals surface area contributed by atoms with Crippen molar-refractivity contribution in [1.82, 2.24) is 0 Å². The fourth-order valence-corrected chi connectivity index (χ4v) is 2.47. The Kier molecular flexibility index (Phi) is 3.85. The summed E-state index contributed by atoms with van der Waals surface area (Å²) in [6, 6.07) is 7.11. The molecule has 1 saturated carbocycles. The van der Waals surface area contributed by atoms with Gasteiger partial charge < -0.3 is 5.32 Å². The third-order valence-corrected chi connectivity index (χ3v) is 3.48. The lowest BCUT2D eigenvalue weighted by molar-refractivity contribution is -0.137. The molecule has 104 valence electrons. The number of halogens is 3. The molecule has 20 heavy (non-hydrogen) atoms. The van der Waals surface area contributed by atoms with Crippen LogP contribution in [0.15, 0.2) is 18.2 Å². The molecule has 1 fully saturated rings. The zero-order valence-electron chi connectivity index (χ0n) is 10.5. The van der Waals surface area contributed by atoms with Crippen LogP contribution in [0, 0.1) is 28.6 Å². The van der Waals surface area contributed by atoms with Crippen LogP contribution in [0.5, 0.6) is 0 Å². The van der Waals surface area contributed by atoms with E-state index in [1.807, 2.05) is 0 Å². The zero-order valence-corrected chi connectivity index (χ0v) is 10.5. The summed E-state index contributed by atoms with van der Waals surface area (Å²) in [6.45, 7) is 0. The molecule has 1 aromatic rings. The molecule has 0 amide bonds. The van der Waals surface area contributed by atoms with Crippen molar-refractivity contribution >= 4 is 5.69 Å². The number of alkyl halides is 3. The number of hydrogen-bond acceptors (Lipinski definition) is 3. The molecule has 0 heterocycles. The van der Waals surface area contributed by atoms with Gasteiger partial charge in [-0.25, -0.2) is 0 Å². The van der Waals surface area contributed by atoms with Crippen LogP contribution in [0.1, 0.15) is 30.4 Å². The highest BCUT2D eigenvalue weighted by molar-refractivity contribution is 5.53. The van der Waals surface area contributed by atoms with Crippen molar-refractivity contribution in [2.24, 2.45) is 5.92 Å². The monoisotopic (exact) mass is 279 g/mol. The minimum atomic E-state index is -4.56. The third-order valence-electron chi connectivity index (χ3n) is 3.48. The van der Waals surface area contributed by atoms with Gasteiger partial charge in [0, 0.05) is 11.7 Å². The Balaban J connectivity index is 2.26. The lowest BCUT2D eigenvalue weighted by atomic mass is 10.0. The van der Waals surface area contributed by atoms with Gasteiger partial charge in [-0.15, -0.1) is 0 Å². The maximum Gasteiger partial charge on any atom is 0.417 e. The van der Waals surface area contributed by atoms with Crippen molar-refractivity contribution in [2.75, 3.05) is 5.32 Å². The van der Waals surface area contributed by atoms with E-state index >= 15 is 0 Å². The number of benzene rings is 1. The molecule has 0 aromatic heterocycles. The summed E-state index contributed by atoms with van der Waals surface area (Å²) in [4.78, 5) is 0. The first-order valence-electron chi connectivity index (χ1n) is 6.23. The second kappa shape index (κ2) is 5.42. The largest absolute Gasteiger partial charge is 0.417 e. The molecule has 3 nitrogen and oxygen atoms in total. The molecule has 1 aromatic carbocycles. The summed E-state index contributed by atoms with van der Waals surface area (Å²) in [5.41, 5.74) is -1.05. The van der Waals surface area contributed by atoms with E-state index < -0.39 is 17.3 Å². The number of nitriles is 2. The lowest BCUT2D eigenvalue weighted by Gasteiger charge is -2.18. The van der Waals surface area contributed by atoms with Gasteiger partial charge >= 0.3 is 6.18 Å². The van der Waals surface area contributed by atoms with Crippen molar-refractivity contribution in [2.45, 2.75) is 31.5 Å². The van der Waals surface area contributed by atoms with Gasteiger partial charge in [0.2, 0.25) is 0 Å². The zero-order chi connectivity index (χ0) is 14.8. The van der Waals surface area contributed by atoms with Crippen LogP contribution in [0.4, 0.5) is 18.9 Å². The third kappa shape index (κ3) is 2.85. The molecule has 2 atom stereocenters. The number of anilines is 1. The Morgan fingerprint density at radius 2 is 1.95 bits per heavy atom. The Morgan fingerprint density at radius 3 is 2.55 bits per heavy atom. The Bertz CT molecular complexity index is 581. The van der Waals surface area contributed by atoms with Crippen molar-refractivity contribution in [3.05, 3.63) is 29.3 Å². The van der Waals surface area contributed by atoms with Crippen molar-refractivity contribution in [1.29, 1.82) is 10.5 Å². The number of nitrogens with zero attached hydrogens (tertiary/aromatic N) is 2. The standard InChI is InChI=1S/C14H12F3N3/c15-14(16,17)12-6-11(5-4-9(12)7-18)20-13-3-1-2-10(13)8-19/h4-6,10,13,20H,1-3H2. The van der Waals surface area contributed by atoms with E-state index in [1.165, 1.54) is 6.07 Å². The van der Waals surface area contributed by atoms with Crippen molar-refractivity contribution < 1.29 is 13.2 Å². The molecule has 0 aliphatic heterocycles. The molecule has 0 bridgehead atoms. The summed E-state index contributed by atoms with van der Waals surface area (Å²) in [5.74, 6) is -0.181. The quantitative estimate of drug-likeness (QED) is 0.898. The van der Waals surface area contributed by atoms with E-state index in [9.17, 15) is 13.2 Å². The van der Waals surface area contributed by atoms with Crippen LogP contribution in [0.25, 0.3) is 0 Å². The van der Waals surface area contributed by atoms with E-state index in [-0.39, 0.29) is 12.0 Å². The van der Waals surface area contributed by atoms with Gasteiger partial charge in [-0.2, -0.15) is 23.7 Å². The van der Waals surface area contributed by atoms with Gasteiger partial charge in [0.25, 0.3) is 0 Å². The molecule has 1 aliphatic rings. The smallest absolute Gasteiger partial charge is 0.381 e. The molecular formula is C14H12F3N3. The minimum absolute atomic E-state index is 0.131. The Hall–Kier alpha value is -2.21. The highest BCUT2D eigenvalue weighted by Gasteiger charge is 2.34. The van der Waals surface area contributed by atoms with E-state index in [0.29, 0.717) is 5.69 Å². The lowest BCUT2D eigenvalue weighted by Crippen LogP contribution is -2.23. The van der Waals surface area contributed by atoms with Crippen molar-refractivity contribution in [3.8, 4) is 12.1 Å². The van der Waals surface area contributed by atoms with Crippen LogP contribution in [-0.4, -0.2) is 6.04 Å². The Morgan fingerprint density at radius 1 is 1.20 bits per heavy atom. The first-order chi connectivity index (χ1) is 9.45. The van der Waals surface area contributed by atoms with Crippen LogP contribution in [0.3, 0.4) is 0 Å². The fraction of sp³-hybridized carbons (Fsp3) is 0.429. The Labute approximate surface area is 114 Å². The van der Waals surface area contributed by atoms with Crippen LogP contribution in [0.2, 0.25) is 0 Å². The van der Waals surface area contributed by atoms with Gasteiger partial charge in [-0.1, -0.05) is 0 Å². The molecule has 2 rings (SSSR count). The van der Waals surface area contributed by atoms with E-state index in [0.717, 1.165) is 31.4 Å². The van der Waals surface area contributed by atoms with E-state index in [1.54, 1.807) is 6.07 Å². The number of nitrogens with one attached hydrogen (secondary N) is 1. The molecular weight excluding hydrogens is 267 g/mol. The molecule has 1 aliphatic carbocycles. The molecule has 6 heteroatoms. The van der Waals surface area contributed by atoms with Gasteiger partial charge in [0.05, 0.1) is 29.2 Å². The average Bonchev–Trinajstić information content (AvgIpc) is 2.85. The van der Waals surface area contributed by atoms with Gasteiger partial charge in [-0.05, 0) is 37.5 Å². The average molecular weight is 279 g/mol. The molecule has 1 N–H and O–H groups in total. The number of rotatable bonds is 2. The summed E-state index contributed by atoms with van der Waals surface area (Å²) < 4.78 is 38.5. The molecule has 0 spiro atoms. The van der Waals surface area contributed by atoms with Crippen LogP contribution >= 0.6 is 0 Å². The second-order valence-electron chi connectivity index (χ2n) is 4.79. The molecule has 0 radical (unpaired) electrons. The van der Waals surface area contributed by atoms with E-state index in [2.05, 4.69) is 11.4 Å². The minimum Gasteiger partial charge on any atom is -0.381 e. The first kappa shape index (κ1) is 14.2. The van der Waals surface area contributed by atoms with Crippen LogP contribution < -0.4 is 5.32 Å². The van der Waals surface area contributed by atoms with Gasteiger partial charge in [0.1, 0.15) is 0 Å². The van der Waals surface area contributed by atoms with Crippen LogP contribution in [-0.2, 0) is 6.18 Å². The maximum atomic E-state index is 12.8. The number of hydrogen-bond donors (Lipinski definition) is 1. The predicted octanol–water partition coefficient (Wildman–Crippen LogP) is 3.68. The van der Waals surface area contributed by atoms with E-state index in [4.69, 9.17) is 10.5 Å². The highest BCUT2D eigenvalue weighted by Crippen LogP contribution is 2.35. The summed E-state index contributed by atoms with van der Waals surface area (Å²) in [5, 5.41) is 20.7. The highest BCUT2D eigenvalue weighted by atomic mass is 19.4. The van der Waals surface area contributed by atoms with Gasteiger partial charge in [0.15, 0.2) is 0 Å². The second-order valence-corrected chi connectivity index (χ2v) is 4.79. The SMILES string of the molecule is N#Cc1ccc(NC2CCCC2C#N)cc1C(F)(F)F. The van der Waals surface area contributed by atoms with Gasteiger partial charge in [-0.3, -0.25) is 0 Å².